The van der Waals surface area contributed by atoms with E-state index in [0.29, 0.717) is 44.8 Å². The summed E-state index contributed by atoms with van der Waals surface area (Å²) in [5.74, 6) is -1.38. The second kappa shape index (κ2) is 6.86. The van der Waals surface area contributed by atoms with Crippen molar-refractivity contribution < 1.29 is 23.8 Å². The SMILES string of the molecule is O=C(Cc1ccccc1F)N1CCN(C2(C(=O)O)CCOC2)CC1. The highest BCUT2D eigenvalue weighted by Crippen LogP contribution is 2.28. The van der Waals surface area contributed by atoms with E-state index in [1.165, 1.54) is 6.07 Å². The molecular weight excluding hydrogens is 315 g/mol. The topological polar surface area (TPSA) is 70.1 Å². The third kappa shape index (κ3) is 3.14. The van der Waals surface area contributed by atoms with Crippen molar-refractivity contribution in [3.63, 3.8) is 0 Å². The van der Waals surface area contributed by atoms with Gasteiger partial charge < -0.3 is 14.7 Å². The maximum Gasteiger partial charge on any atom is 0.326 e. The Labute approximate surface area is 139 Å². The van der Waals surface area contributed by atoms with Crippen LogP contribution in [0.4, 0.5) is 4.39 Å². The van der Waals surface area contributed by atoms with Crippen LogP contribution in [-0.4, -0.2) is 71.7 Å². The van der Waals surface area contributed by atoms with Gasteiger partial charge in [0.05, 0.1) is 13.0 Å². The number of ether oxygens (including phenoxy) is 1. The summed E-state index contributed by atoms with van der Waals surface area (Å²) in [5, 5.41) is 9.57. The Hall–Kier alpha value is -1.99. The molecule has 0 spiro atoms. The molecule has 0 aliphatic carbocycles. The van der Waals surface area contributed by atoms with Gasteiger partial charge in [-0.3, -0.25) is 14.5 Å². The second-order valence-electron chi connectivity index (χ2n) is 6.28. The molecule has 0 radical (unpaired) electrons. The number of aliphatic carboxylic acids is 1. The van der Waals surface area contributed by atoms with Crippen molar-refractivity contribution in [1.29, 1.82) is 0 Å². The van der Waals surface area contributed by atoms with E-state index in [-0.39, 0.29) is 24.8 Å². The average molecular weight is 336 g/mol. The summed E-state index contributed by atoms with van der Waals surface area (Å²) in [4.78, 5) is 27.6. The van der Waals surface area contributed by atoms with Crippen molar-refractivity contribution in [3.05, 3.63) is 35.6 Å². The predicted molar refractivity (Wildman–Crippen MR) is 84.1 cm³/mol. The fraction of sp³-hybridized carbons (Fsp3) is 0.529. The van der Waals surface area contributed by atoms with Crippen LogP contribution in [0.15, 0.2) is 24.3 Å². The molecule has 6 nitrogen and oxygen atoms in total. The molecule has 0 bridgehead atoms. The van der Waals surface area contributed by atoms with Crippen LogP contribution in [0.3, 0.4) is 0 Å². The first kappa shape index (κ1) is 16.9. The lowest BCUT2D eigenvalue weighted by molar-refractivity contribution is -0.153. The molecule has 7 heteroatoms. The van der Waals surface area contributed by atoms with E-state index >= 15 is 0 Å². The molecule has 2 saturated heterocycles. The van der Waals surface area contributed by atoms with Gasteiger partial charge in [-0.2, -0.15) is 0 Å². The van der Waals surface area contributed by atoms with E-state index in [1.54, 1.807) is 23.1 Å². The number of amides is 1. The summed E-state index contributed by atoms with van der Waals surface area (Å²) < 4.78 is 19.0. The van der Waals surface area contributed by atoms with Gasteiger partial charge in [-0.25, -0.2) is 4.39 Å². The van der Waals surface area contributed by atoms with Crippen molar-refractivity contribution in [2.45, 2.75) is 18.4 Å². The Kier molecular flexibility index (Phi) is 4.82. The Bertz CT molecular complexity index is 623. The molecule has 0 aromatic heterocycles. The van der Waals surface area contributed by atoms with Crippen molar-refractivity contribution in [1.82, 2.24) is 9.80 Å². The zero-order valence-corrected chi connectivity index (χ0v) is 13.4. The van der Waals surface area contributed by atoms with E-state index in [0.717, 1.165) is 0 Å². The standard InChI is InChI=1S/C17H21FN2O4/c18-14-4-2-1-3-13(14)11-15(21)19-6-8-20(9-7-19)17(16(22)23)5-10-24-12-17/h1-4H,5-12H2,(H,22,23). The highest BCUT2D eigenvalue weighted by Gasteiger charge is 2.48. The summed E-state index contributed by atoms with van der Waals surface area (Å²) >= 11 is 0. The molecule has 130 valence electrons. The van der Waals surface area contributed by atoms with Crippen LogP contribution in [0.2, 0.25) is 0 Å². The maximum absolute atomic E-state index is 13.7. The first-order valence-electron chi connectivity index (χ1n) is 8.10. The summed E-state index contributed by atoms with van der Waals surface area (Å²) in [6, 6.07) is 6.26. The normalized spacial score (nSPS) is 25.0. The number of rotatable bonds is 4. The number of hydrogen-bond donors (Lipinski definition) is 1. The molecule has 1 amide bonds. The molecule has 2 heterocycles. The van der Waals surface area contributed by atoms with Crippen LogP contribution in [0.1, 0.15) is 12.0 Å². The molecule has 1 atom stereocenters. The predicted octanol–water partition coefficient (Wildman–Crippen LogP) is 0.756. The number of benzene rings is 1. The molecule has 1 unspecified atom stereocenters. The van der Waals surface area contributed by atoms with Crippen molar-refractivity contribution in [2.24, 2.45) is 0 Å². The van der Waals surface area contributed by atoms with Gasteiger partial charge in [-0.1, -0.05) is 18.2 Å². The van der Waals surface area contributed by atoms with Crippen LogP contribution in [-0.2, 0) is 20.7 Å². The Morgan fingerprint density at radius 3 is 2.50 bits per heavy atom. The Morgan fingerprint density at radius 2 is 1.92 bits per heavy atom. The number of hydrogen-bond acceptors (Lipinski definition) is 4. The van der Waals surface area contributed by atoms with Crippen LogP contribution >= 0.6 is 0 Å². The van der Waals surface area contributed by atoms with Gasteiger partial charge >= 0.3 is 5.97 Å². The first-order chi connectivity index (χ1) is 11.5. The number of nitrogens with zero attached hydrogens (tertiary/aromatic N) is 2. The van der Waals surface area contributed by atoms with Gasteiger partial charge in [-0.15, -0.1) is 0 Å². The van der Waals surface area contributed by atoms with E-state index < -0.39 is 11.5 Å². The number of piperazine rings is 1. The molecule has 0 saturated carbocycles. The number of carboxylic acid groups (broad SMARTS) is 1. The lowest BCUT2D eigenvalue weighted by Gasteiger charge is -2.42. The van der Waals surface area contributed by atoms with Gasteiger partial charge in [0.15, 0.2) is 0 Å². The highest BCUT2D eigenvalue weighted by molar-refractivity contribution is 5.80. The van der Waals surface area contributed by atoms with Gasteiger partial charge in [0.25, 0.3) is 0 Å². The molecule has 2 fully saturated rings. The van der Waals surface area contributed by atoms with Crippen LogP contribution < -0.4 is 0 Å². The zero-order valence-electron chi connectivity index (χ0n) is 13.4. The maximum atomic E-state index is 13.7. The molecule has 1 N–H and O–H groups in total. The van der Waals surface area contributed by atoms with Crippen LogP contribution in [0.25, 0.3) is 0 Å². The third-order valence-electron chi connectivity index (χ3n) is 4.94. The third-order valence-corrected chi connectivity index (χ3v) is 4.94. The van der Waals surface area contributed by atoms with E-state index in [4.69, 9.17) is 4.74 Å². The summed E-state index contributed by atoms with van der Waals surface area (Å²) in [5.41, 5.74) is -0.586. The molecule has 3 rings (SSSR count). The Morgan fingerprint density at radius 1 is 1.21 bits per heavy atom. The van der Waals surface area contributed by atoms with Gasteiger partial charge in [0, 0.05) is 39.2 Å². The summed E-state index contributed by atoms with van der Waals surface area (Å²) in [7, 11) is 0. The summed E-state index contributed by atoms with van der Waals surface area (Å²) in [6.45, 7) is 2.49. The van der Waals surface area contributed by atoms with Gasteiger partial charge in [0.1, 0.15) is 11.4 Å². The van der Waals surface area contributed by atoms with Crippen molar-refractivity contribution in [3.8, 4) is 0 Å². The van der Waals surface area contributed by atoms with Crippen molar-refractivity contribution >= 4 is 11.9 Å². The van der Waals surface area contributed by atoms with E-state index in [9.17, 15) is 19.1 Å². The number of carbonyl (C=O) groups excluding carboxylic acids is 1. The molecule has 2 aliphatic rings. The van der Waals surface area contributed by atoms with E-state index in [1.807, 2.05) is 4.90 Å². The minimum absolute atomic E-state index is 0.0276. The Balaban J connectivity index is 1.60. The smallest absolute Gasteiger partial charge is 0.326 e. The largest absolute Gasteiger partial charge is 0.480 e. The lowest BCUT2D eigenvalue weighted by Crippen LogP contribution is -2.62. The van der Waals surface area contributed by atoms with Gasteiger partial charge in [0.2, 0.25) is 5.91 Å². The van der Waals surface area contributed by atoms with Crippen LogP contribution in [0, 0.1) is 5.82 Å². The second-order valence-corrected chi connectivity index (χ2v) is 6.28. The molecule has 2 aliphatic heterocycles. The van der Waals surface area contributed by atoms with E-state index in [2.05, 4.69) is 0 Å². The fourth-order valence-electron chi connectivity index (χ4n) is 3.41. The quantitative estimate of drug-likeness (QED) is 0.879. The van der Waals surface area contributed by atoms with Gasteiger partial charge in [-0.05, 0) is 11.6 Å². The molecule has 24 heavy (non-hydrogen) atoms. The molecular formula is C17H21FN2O4. The average Bonchev–Trinajstić information content (AvgIpc) is 3.08. The zero-order chi connectivity index (χ0) is 17.2. The van der Waals surface area contributed by atoms with Crippen LogP contribution in [0.5, 0.6) is 0 Å². The summed E-state index contributed by atoms with van der Waals surface area (Å²) in [6.07, 6.45) is 0.491. The van der Waals surface area contributed by atoms with Crippen molar-refractivity contribution in [2.75, 3.05) is 39.4 Å². The highest BCUT2D eigenvalue weighted by atomic mass is 19.1. The minimum atomic E-state index is -0.972. The number of carboxylic acids is 1. The number of halogens is 1. The molecule has 1 aromatic carbocycles. The number of carbonyl (C=O) groups is 2. The minimum Gasteiger partial charge on any atom is -0.480 e. The first-order valence-corrected chi connectivity index (χ1v) is 8.10. The lowest BCUT2D eigenvalue weighted by atomic mass is 9.95. The molecule has 1 aromatic rings. The monoisotopic (exact) mass is 336 g/mol. The fourth-order valence-corrected chi connectivity index (χ4v) is 3.41.